The second-order valence-electron chi connectivity index (χ2n) is 10.8. The van der Waals surface area contributed by atoms with E-state index in [2.05, 4.69) is 65.1 Å². The van der Waals surface area contributed by atoms with Crippen LogP contribution < -0.4 is 5.63 Å². The number of rotatable bonds is 6. The zero-order valence-corrected chi connectivity index (χ0v) is 24.9. The van der Waals surface area contributed by atoms with Crippen molar-refractivity contribution in [1.82, 2.24) is 0 Å². The SMILES string of the molecule is CC1=CC=[C]([Zr]([O]c2ccc(F)cc2)([O]c2ccc(F)cc2)([C]2=CC(C(C)(C)C)=CC2)=[Si](C)C)C1. The third-order valence-electron chi connectivity index (χ3n) is 7.10. The third kappa shape index (κ3) is 4.72. The van der Waals surface area contributed by atoms with E-state index in [9.17, 15) is 8.78 Å². The van der Waals surface area contributed by atoms with Gasteiger partial charge in [-0.2, -0.15) is 0 Å². The normalized spacial score (nSPS) is 16.4. The monoisotopic (exact) mass is 570 g/mol. The second-order valence-corrected chi connectivity index (χ2v) is 35.0. The van der Waals surface area contributed by atoms with Crippen LogP contribution in [0.15, 0.2) is 90.5 Å². The molecule has 4 rings (SSSR count). The Bertz CT molecular complexity index is 1280. The van der Waals surface area contributed by atoms with Crippen LogP contribution in [0.5, 0.6) is 11.5 Å². The Labute approximate surface area is 210 Å². The van der Waals surface area contributed by atoms with Crippen molar-refractivity contribution in [1.29, 1.82) is 0 Å². The molecule has 0 unspecified atom stereocenters. The van der Waals surface area contributed by atoms with E-state index < -0.39 is 23.7 Å². The molecular weight excluding hydrogens is 538 g/mol. The van der Waals surface area contributed by atoms with Crippen molar-refractivity contribution in [2.75, 3.05) is 0 Å². The second kappa shape index (κ2) is 9.44. The van der Waals surface area contributed by atoms with E-state index in [1.807, 2.05) is 0 Å². The van der Waals surface area contributed by atoms with Crippen molar-refractivity contribution in [2.24, 2.45) is 5.41 Å². The van der Waals surface area contributed by atoms with Crippen molar-refractivity contribution in [3.63, 3.8) is 0 Å². The van der Waals surface area contributed by atoms with Gasteiger partial charge in [-0.1, -0.05) is 0 Å². The molecule has 184 valence electrons. The molecule has 0 saturated heterocycles. The summed E-state index contributed by atoms with van der Waals surface area (Å²) >= 11 is -5.07. The molecule has 0 heterocycles. The van der Waals surface area contributed by atoms with Crippen LogP contribution in [0, 0.1) is 17.0 Å². The molecule has 6 heteroatoms. The zero-order chi connectivity index (χ0) is 25.5. The van der Waals surface area contributed by atoms with Gasteiger partial charge >= 0.3 is 211 Å². The molecule has 0 saturated carbocycles. The molecule has 0 fully saturated rings. The van der Waals surface area contributed by atoms with Gasteiger partial charge in [0.05, 0.1) is 0 Å². The standard InChI is InChI=1S/C9H13.2C6H5FO.C6H7.C2H6Si.Zr/c1-9(2,3)8-6-4-5-7-8;2*7-5-1-3-6(8)4-2-5;1-6-4-2-3-5-6;1-3-2;/h6-7H,4H2,1-3H3;2*1-4,8H;2,4H,5H2,1H3;1-2H3;/q;;;;;+2/p-2. The molecule has 2 aromatic rings. The van der Waals surface area contributed by atoms with Crippen LogP contribution >= 0.6 is 0 Å². The van der Waals surface area contributed by atoms with Gasteiger partial charge in [0.25, 0.3) is 0 Å². The predicted molar refractivity (Wildman–Crippen MR) is 138 cm³/mol. The van der Waals surface area contributed by atoms with Gasteiger partial charge in [-0.05, 0) is 0 Å². The molecule has 2 nitrogen and oxygen atoms in total. The summed E-state index contributed by atoms with van der Waals surface area (Å²) in [4.78, 5) is 0. The predicted octanol–water partition coefficient (Wildman–Crippen LogP) is 8.69. The molecule has 0 aromatic heterocycles. The first-order valence-corrected chi connectivity index (χ1v) is 22.7. The Morgan fingerprint density at radius 3 is 1.69 bits per heavy atom. The summed E-state index contributed by atoms with van der Waals surface area (Å²) in [5.41, 5.74) is 1.22. The van der Waals surface area contributed by atoms with E-state index in [1.54, 1.807) is 24.3 Å². The van der Waals surface area contributed by atoms with Crippen LogP contribution in [0.25, 0.3) is 0 Å². The summed E-state index contributed by atoms with van der Waals surface area (Å²) in [6.07, 6.45) is 10.5. The molecule has 0 atom stereocenters. The average molecular weight is 572 g/mol. The average Bonchev–Trinajstić information content (AvgIpc) is 3.47. The maximum absolute atomic E-state index is 13.9. The van der Waals surface area contributed by atoms with Gasteiger partial charge in [0.1, 0.15) is 0 Å². The number of allylic oxidation sites excluding steroid dienone is 8. The van der Waals surface area contributed by atoms with E-state index >= 15 is 0 Å². The van der Waals surface area contributed by atoms with Crippen LogP contribution in [0.2, 0.25) is 13.1 Å². The minimum absolute atomic E-state index is 0.0150. The van der Waals surface area contributed by atoms with E-state index in [-0.39, 0.29) is 17.0 Å². The van der Waals surface area contributed by atoms with Gasteiger partial charge in [0.2, 0.25) is 0 Å². The van der Waals surface area contributed by atoms with Crippen molar-refractivity contribution in [2.45, 2.75) is 53.6 Å². The zero-order valence-electron chi connectivity index (χ0n) is 21.4. The van der Waals surface area contributed by atoms with Crippen LogP contribution in [0.3, 0.4) is 0 Å². The molecule has 0 amide bonds. The van der Waals surface area contributed by atoms with E-state index in [4.69, 9.17) is 5.63 Å². The molecule has 0 spiro atoms. The van der Waals surface area contributed by atoms with Gasteiger partial charge in [-0.15, -0.1) is 0 Å². The van der Waals surface area contributed by atoms with Crippen LogP contribution in [-0.2, 0) is 18.3 Å². The Kier molecular flexibility index (Phi) is 7.02. The fourth-order valence-electron chi connectivity index (χ4n) is 5.13. The molecular formula is C29H34F2O2SiZr. The molecule has 2 aromatic carbocycles. The van der Waals surface area contributed by atoms with E-state index in [0.29, 0.717) is 11.5 Å². The Hall–Kier alpha value is -2.04. The quantitative estimate of drug-likeness (QED) is 0.323. The van der Waals surface area contributed by atoms with Crippen molar-refractivity contribution in [3.8, 4) is 11.5 Å². The van der Waals surface area contributed by atoms with Crippen LogP contribution in [-0.4, -0.2) is 5.43 Å². The van der Waals surface area contributed by atoms with Gasteiger partial charge in [0, 0.05) is 0 Å². The number of hydrogen-bond donors (Lipinski definition) is 0. The third-order valence-corrected chi connectivity index (χ3v) is 37.8. The fourth-order valence-corrected chi connectivity index (χ4v) is 32.6. The number of halogens is 2. The summed E-state index contributed by atoms with van der Waals surface area (Å²) < 4.78 is 44.7. The first-order valence-electron chi connectivity index (χ1n) is 12.1. The van der Waals surface area contributed by atoms with Crippen LogP contribution in [0.1, 0.15) is 40.5 Å². The minimum atomic E-state index is -5.07. The molecule has 0 radical (unpaired) electrons. The van der Waals surface area contributed by atoms with Crippen molar-refractivity contribution < 1.29 is 32.7 Å². The van der Waals surface area contributed by atoms with Gasteiger partial charge < -0.3 is 0 Å². The molecule has 35 heavy (non-hydrogen) atoms. The number of hydrogen-bond acceptors (Lipinski definition) is 2. The molecule has 2 aliphatic carbocycles. The molecule has 2 aliphatic rings. The van der Waals surface area contributed by atoms with E-state index in [0.717, 1.165) is 12.8 Å². The topological polar surface area (TPSA) is 18.5 Å². The number of benzene rings is 2. The molecule has 0 N–H and O–H groups in total. The van der Waals surface area contributed by atoms with Crippen molar-refractivity contribution in [3.05, 3.63) is 102 Å². The first-order chi connectivity index (χ1) is 16.4. The summed E-state index contributed by atoms with van der Waals surface area (Å²) in [6, 6.07) is 12.5. The molecule has 0 aliphatic heterocycles. The van der Waals surface area contributed by atoms with Crippen molar-refractivity contribution >= 4 is 5.43 Å². The fraction of sp³-hybridized carbons (Fsp3) is 0.310. The summed E-state index contributed by atoms with van der Waals surface area (Å²) in [5, 5.41) is 0. The Morgan fingerprint density at radius 2 is 1.31 bits per heavy atom. The Morgan fingerprint density at radius 1 is 0.800 bits per heavy atom. The van der Waals surface area contributed by atoms with Crippen LogP contribution in [0.4, 0.5) is 8.78 Å². The van der Waals surface area contributed by atoms with Gasteiger partial charge in [-0.3, -0.25) is 0 Å². The first kappa shape index (κ1) is 26.0. The maximum atomic E-state index is 13.9. The van der Waals surface area contributed by atoms with E-state index in [1.165, 1.54) is 42.0 Å². The Balaban J connectivity index is 2.05. The van der Waals surface area contributed by atoms with Gasteiger partial charge in [0.15, 0.2) is 0 Å². The summed E-state index contributed by atoms with van der Waals surface area (Å²) in [5.74, 6) is 0.612. The summed E-state index contributed by atoms with van der Waals surface area (Å²) in [6.45, 7) is 13.3. The summed E-state index contributed by atoms with van der Waals surface area (Å²) in [7, 11) is 0. The molecule has 0 bridgehead atoms. The van der Waals surface area contributed by atoms with Gasteiger partial charge in [-0.25, -0.2) is 0 Å².